The monoisotopic (exact) mass is 143 g/mol. The van der Waals surface area contributed by atoms with E-state index in [1.54, 1.807) is 0 Å². The molecule has 1 aromatic rings. The van der Waals surface area contributed by atoms with Crippen molar-refractivity contribution in [1.29, 1.82) is 0 Å². The van der Waals surface area contributed by atoms with Crippen LogP contribution in [0.2, 0.25) is 0 Å². The summed E-state index contributed by atoms with van der Waals surface area (Å²) in [5, 5.41) is 1.01. The Hall–Kier alpha value is -0.248. The van der Waals surface area contributed by atoms with E-state index in [9.17, 15) is 0 Å². The van der Waals surface area contributed by atoms with E-state index in [4.69, 9.17) is 0 Å². The van der Waals surface area contributed by atoms with Crippen LogP contribution in [0.4, 0.5) is 0 Å². The van der Waals surface area contributed by atoms with Gasteiger partial charge in [0.1, 0.15) is 0 Å². The van der Waals surface area contributed by atoms with Gasteiger partial charge in [-0.1, -0.05) is 0 Å². The first-order chi connectivity index (χ1) is 3.93. The molecule has 0 saturated carbocycles. The van der Waals surface area contributed by atoms with Crippen LogP contribution in [0.25, 0.3) is 0 Å². The van der Waals surface area contributed by atoms with Gasteiger partial charge in [0, 0.05) is 0 Å². The van der Waals surface area contributed by atoms with Gasteiger partial charge in [-0.3, -0.25) is 0 Å². The summed E-state index contributed by atoms with van der Waals surface area (Å²) in [5.74, 6) is 0. The topological polar surface area (TPSA) is 0 Å². The quantitative estimate of drug-likeness (QED) is 0.561. The molecule has 1 aromatic carbocycles. The van der Waals surface area contributed by atoms with Crippen molar-refractivity contribution in [2.75, 3.05) is 0 Å². The summed E-state index contributed by atoms with van der Waals surface area (Å²) in [6.07, 6.45) is 0. The Morgan fingerprint density at radius 2 is 1.75 bits per heavy atom. The van der Waals surface area contributed by atoms with E-state index in [0.717, 1.165) is 5.28 Å². The van der Waals surface area contributed by atoms with Crippen molar-refractivity contribution in [2.24, 2.45) is 0 Å². The van der Waals surface area contributed by atoms with Crippen molar-refractivity contribution in [3.05, 3.63) is 35.9 Å². The van der Waals surface area contributed by atoms with Crippen LogP contribution in [0.1, 0.15) is 5.56 Å². The van der Waals surface area contributed by atoms with Crippen LogP contribution in [-0.4, -0.2) is 0 Å². The predicted octanol–water partition coefficient (Wildman–Crippen LogP) is 1.73. The van der Waals surface area contributed by atoms with E-state index in [-0.39, 0.29) is 0 Å². The molecule has 1 heteroatoms. The maximum atomic E-state index is 2.96. The fraction of sp³-hybridized carbons (Fsp3) is 0.143. The van der Waals surface area contributed by atoms with Gasteiger partial charge < -0.3 is 0 Å². The molecule has 1 rings (SSSR count). The molecule has 0 saturated heterocycles. The molecule has 0 radical (unpaired) electrons. The van der Waals surface area contributed by atoms with E-state index in [0.29, 0.717) is 0 Å². The van der Waals surface area contributed by atoms with E-state index in [1.165, 1.54) is 5.56 Å². The van der Waals surface area contributed by atoms with Crippen LogP contribution >= 0.6 is 0 Å². The van der Waals surface area contributed by atoms with Gasteiger partial charge >= 0.3 is 57.5 Å². The molecule has 0 aliphatic carbocycles. The van der Waals surface area contributed by atoms with Gasteiger partial charge in [-0.25, -0.2) is 0 Å². The zero-order chi connectivity index (χ0) is 5.82. The summed E-state index contributed by atoms with van der Waals surface area (Å²) >= 11 is 2.96. The van der Waals surface area contributed by atoms with Crippen LogP contribution in [0, 0.1) is 0 Å². The average Bonchev–Trinajstić information content (AvgIpc) is 1.90. The van der Waals surface area contributed by atoms with Gasteiger partial charge in [0.05, 0.1) is 0 Å². The van der Waals surface area contributed by atoms with Crippen LogP contribution < -0.4 is 0 Å². The molecule has 0 aromatic heterocycles. The van der Waals surface area contributed by atoms with E-state index >= 15 is 0 Å². The van der Waals surface area contributed by atoms with Crippen molar-refractivity contribution < 1.29 is 16.3 Å². The van der Waals surface area contributed by atoms with E-state index in [2.05, 4.69) is 28.4 Å². The summed E-state index contributed by atoms with van der Waals surface area (Å²) in [6, 6.07) is 10.3. The standard InChI is InChI=1S/C7H7.Cr/c1-7-5-3-2-4-6-7;/h2-6H,1H2;. The predicted molar refractivity (Wildman–Crippen MR) is 30.1 cm³/mol. The second kappa shape index (κ2) is 2.92. The third-order valence-electron chi connectivity index (χ3n) is 1.01. The Labute approximate surface area is 58.0 Å². The first-order valence-electron chi connectivity index (χ1n) is 2.55. The molecular formula is C7H7Cr. The van der Waals surface area contributed by atoms with Gasteiger partial charge in [-0.2, -0.15) is 0 Å². The molecule has 0 nitrogen and oxygen atoms in total. The maximum absolute atomic E-state index is 2.96. The fourth-order valence-corrected chi connectivity index (χ4v) is 0.875. The van der Waals surface area contributed by atoms with E-state index < -0.39 is 0 Å². The normalized spacial score (nSPS) is 9.00. The van der Waals surface area contributed by atoms with Crippen molar-refractivity contribution >= 4 is 0 Å². The second-order valence-electron chi connectivity index (χ2n) is 1.63. The summed E-state index contributed by atoms with van der Waals surface area (Å²) < 4.78 is 0. The molecule has 0 atom stereocenters. The van der Waals surface area contributed by atoms with Gasteiger partial charge in [0.2, 0.25) is 0 Å². The molecule has 0 heterocycles. The minimum atomic E-state index is 1.01. The van der Waals surface area contributed by atoms with Crippen molar-refractivity contribution in [3.63, 3.8) is 0 Å². The second-order valence-corrected chi connectivity index (χ2v) is 2.08. The zero-order valence-electron chi connectivity index (χ0n) is 4.50. The minimum absolute atomic E-state index is 1.01. The Kier molecular flexibility index (Phi) is 2.14. The summed E-state index contributed by atoms with van der Waals surface area (Å²) in [5.41, 5.74) is 1.35. The van der Waals surface area contributed by atoms with Crippen LogP contribution in [-0.2, 0) is 21.6 Å². The van der Waals surface area contributed by atoms with Gasteiger partial charge in [0.25, 0.3) is 0 Å². The molecule has 0 aliphatic heterocycles. The Morgan fingerprint density at radius 3 is 2.12 bits per heavy atom. The third-order valence-corrected chi connectivity index (χ3v) is 1.53. The molecule has 0 bridgehead atoms. The number of hydrogen-bond donors (Lipinski definition) is 0. The number of benzene rings is 1. The van der Waals surface area contributed by atoms with Crippen molar-refractivity contribution in [2.45, 2.75) is 5.28 Å². The molecular weight excluding hydrogens is 136 g/mol. The van der Waals surface area contributed by atoms with Crippen LogP contribution in [0.3, 0.4) is 0 Å². The Morgan fingerprint density at radius 1 is 1.12 bits per heavy atom. The van der Waals surface area contributed by atoms with Crippen LogP contribution in [0.15, 0.2) is 30.3 Å². The zero-order valence-corrected chi connectivity index (χ0v) is 5.78. The first kappa shape index (κ1) is 5.88. The summed E-state index contributed by atoms with van der Waals surface area (Å²) in [7, 11) is 0. The Bertz CT molecular complexity index is 146. The first-order valence-corrected chi connectivity index (χ1v) is 3.45. The molecule has 0 unspecified atom stereocenters. The molecule has 0 N–H and O–H groups in total. The average molecular weight is 143 g/mol. The molecule has 8 heavy (non-hydrogen) atoms. The molecule has 0 amide bonds. The summed E-state index contributed by atoms with van der Waals surface area (Å²) in [6.45, 7) is 0. The van der Waals surface area contributed by atoms with Crippen molar-refractivity contribution in [3.8, 4) is 0 Å². The SMILES string of the molecule is [Cr][CH2]c1ccccc1. The molecule has 0 spiro atoms. The molecule has 0 aliphatic rings. The van der Waals surface area contributed by atoms with E-state index in [1.807, 2.05) is 18.2 Å². The number of rotatable bonds is 1. The van der Waals surface area contributed by atoms with Crippen LogP contribution in [0.5, 0.6) is 0 Å². The number of hydrogen-bond acceptors (Lipinski definition) is 0. The Balaban J connectivity index is 2.83. The van der Waals surface area contributed by atoms with Crippen molar-refractivity contribution in [1.82, 2.24) is 0 Å². The van der Waals surface area contributed by atoms with Gasteiger partial charge in [-0.15, -0.1) is 0 Å². The third kappa shape index (κ3) is 1.37. The summed E-state index contributed by atoms with van der Waals surface area (Å²) in [4.78, 5) is 0. The van der Waals surface area contributed by atoms with Gasteiger partial charge in [0.15, 0.2) is 0 Å². The fourth-order valence-electron chi connectivity index (χ4n) is 0.574. The van der Waals surface area contributed by atoms with Gasteiger partial charge in [-0.05, 0) is 0 Å². The molecule has 0 fully saturated rings. The molecule has 41 valence electrons.